The number of ether oxygens (including phenoxy) is 1. The van der Waals surface area contributed by atoms with E-state index in [1.54, 1.807) is 18.2 Å². The molecule has 2 aromatic carbocycles. The molecule has 1 N–H and O–H groups in total. The van der Waals surface area contributed by atoms with E-state index in [0.717, 1.165) is 11.1 Å². The van der Waals surface area contributed by atoms with Crippen LogP contribution in [-0.2, 0) is 4.79 Å². The van der Waals surface area contributed by atoms with Gasteiger partial charge in [-0.05, 0) is 50.1 Å². The van der Waals surface area contributed by atoms with Crippen LogP contribution in [0.4, 0.5) is 0 Å². The Kier molecular flexibility index (Phi) is 7.44. The second-order valence-electron chi connectivity index (χ2n) is 6.50. The first-order valence-corrected chi connectivity index (χ1v) is 9.00. The highest BCUT2D eigenvalue weighted by atomic mass is 16.5. The summed E-state index contributed by atoms with van der Waals surface area (Å²) in [4.78, 5) is 35.6. The van der Waals surface area contributed by atoms with Crippen LogP contribution in [-0.4, -0.2) is 30.6 Å². The molecule has 0 saturated heterocycles. The van der Waals surface area contributed by atoms with Gasteiger partial charge in [0, 0.05) is 24.5 Å². The van der Waals surface area contributed by atoms with Crippen molar-refractivity contribution >= 4 is 17.5 Å². The van der Waals surface area contributed by atoms with E-state index in [-0.39, 0.29) is 18.1 Å². The van der Waals surface area contributed by atoms with Gasteiger partial charge in [-0.15, -0.1) is 0 Å². The highest BCUT2D eigenvalue weighted by molar-refractivity contribution is 5.98. The van der Waals surface area contributed by atoms with Gasteiger partial charge in [-0.3, -0.25) is 14.4 Å². The van der Waals surface area contributed by atoms with Gasteiger partial charge in [-0.2, -0.15) is 0 Å². The van der Waals surface area contributed by atoms with Crippen LogP contribution in [0.15, 0.2) is 42.5 Å². The van der Waals surface area contributed by atoms with Crippen molar-refractivity contribution in [2.24, 2.45) is 0 Å². The van der Waals surface area contributed by atoms with Gasteiger partial charge >= 0.3 is 5.97 Å². The van der Waals surface area contributed by atoms with Gasteiger partial charge in [0.1, 0.15) is 5.75 Å². The molecular formula is C22H25NO4. The molecule has 0 radical (unpaired) electrons. The average molecular weight is 367 g/mol. The third-order valence-electron chi connectivity index (χ3n) is 4.33. The number of benzene rings is 2. The van der Waals surface area contributed by atoms with Crippen molar-refractivity contribution in [1.82, 2.24) is 5.32 Å². The Balaban J connectivity index is 1.83. The van der Waals surface area contributed by atoms with E-state index < -0.39 is 5.97 Å². The van der Waals surface area contributed by atoms with E-state index in [4.69, 9.17) is 4.74 Å². The molecule has 0 aliphatic heterocycles. The maximum atomic E-state index is 12.4. The Morgan fingerprint density at radius 2 is 1.67 bits per heavy atom. The summed E-state index contributed by atoms with van der Waals surface area (Å²) >= 11 is 0. The summed E-state index contributed by atoms with van der Waals surface area (Å²) in [5.41, 5.74) is 2.97. The first kappa shape index (κ1) is 20.5. The van der Waals surface area contributed by atoms with E-state index in [9.17, 15) is 14.4 Å². The molecule has 0 amide bonds. The third kappa shape index (κ3) is 6.15. The third-order valence-corrected chi connectivity index (χ3v) is 4.33. The highest BCUT2D eigenvalue weighted by Crippen LogP contribution is 2.24. The number of hydrogen-bond acceptors (Lipinski definition) is 5. The van der Waals surface area contributed by atoms with Gasteiger partial charge in [-0.1, -0.05) is 30.3 Å². The van der Waals surface area contributed by atoms with Crippen LogP contribution < -0.4 is 10.1 Å². The van der Waals surface area contributed by atoms with Crippen LogP contribution in [0.2, 0.25) is 0 Å². The lowest BCUT2D eigenvalue weighted by atomic mass is 10.00. The lowest BCUT2D eigenvalue weighted by Gasteiger charge is -2.11. The number of hydrogen-bond donors (Lipinski definition) is 1. The molecule has 0 heterocycles. The summed E-state index contributed by atoms with van der Waals surface area (Å²) in [7, 11) is 0. The molecule has 0 saturated carbocycles. The van der Waals surface area contributed by atoms with E-state index in [2.05, 4.69) is 5.32 Å². The predicted molar refractivity (Wildman–Crippen MR) is 104 cm³/mol. The number of aryl methyl sites for hydroxylation is 1. The molecule has 142 valence electrons. The number of esters is 1. The standard InChI is InChI=1S/C22H25NO4/c1-15-12-19(13-22(16(15)2)27-17(3)24)20(25)10-7-11-23-14-21(26)18-8-5-4-6-9-18/h4-6,8-9,12-13,23H,7,10-11,14H2,1-3H3. The monoisotopic (exact) mass is 367 g/mol. The molecular weight excluding hydrogens is 342 g/mol. The predicted octanol–water partition coefficient (Wildman–Crippen LogP) is 3.66. The fourth-order valence-electron chi connectivity index (χ4n) is 2.70. The van der Waals surface area contributed by atoms with E-state index >= 15 is 0 Å². The smallest absolute Gasteiger partial charge is 0.308 e. The van der Waals surface area contributed by atoms with Crippen LogP contribution >= 0.6 is 0 Å². The lowest BCUT2D eigenvalue weighted by Crippen LogP contribution is -2.24. The summed E-state index contributed by atoms with van der Waals surface area (Å²) in [5, 5.41) is 3.08. The summed E-state index contributed by atoms with van der Waals surface area (Å²) < 4.78 is 5.19. The van der Waals surface area contributed by atoms with Crippen LogP contribution in [0.5, 0.6) is 5.75 Å². The molecule has 0 aliphatic carbocycles. The average Bonchev–Trinajstić information content (AvgIpc) is 2.65. The first-order valence-electron chi connectivity index (χ1n) is 9.00. The van der Waals surface area contributed by atoms with Crippen molar-refractivity contribution in [2.45, 2.75) is 33.6 Å². The van der Waals surface area contributed by atoms with Crippen LogP contribution in [0.1, 0.15) is 51.6 Å². The second kappa shape index (κ2) is 9.78. The maximum Gasteiger partial charge on any atom is 0.308 e. The summed E-state index contributed by atoms with van der Waals surface area (Å²) in [6.07, 6.45) is 0.977. The maximum absolute atomic E-state index is 12.4. The summed E-state index contributed by atoms with van der Waals surface area (Å²) in [5.74, 6) is 0.0385. The van der Waals surface area contributed by atoms with Crippen molar-refractivity contribution in [3.05, 3.63) is 64.7 Å². The number of carbonyl (C=O) groups excluding carboxylic acids is 3. The van der Waals surface area contributed by atoms with Gasteiger partial charge in [0.05, 0.1) is 6.54 Å². The molecule has 5 nitrogen and oxygen atoms in total. The number of nitrogens with one attached hydrogen (secondary N) is 1. The summed E-state index contributed by atoms with van der Waals surface area (Å²) in [6, 6.07) is 12.5. The molecule has 0 atom stereocenters. The zero-order valence-electron chi connectivity index (χ0n) is 16.0. The molecule has 5 heteroatoms. The summed E-state index contributed by atoms with van der Waals surface area (Å²) in [6.45, 7) is 5.90. The van der Waals surface area contributed by atoms with E-state index in [1.165, 1.54) is 6.92 Å². The quantitative estimate of drug-likeness (QED) is 0.317. The minimum atomic E-state index is -0.408. The minimum absolute atomic E-state index is 0.0114. The molecule has 2 rings (SSSR count). The lowest BCUT2D eigenvalue weighted by molar-refractivity contribution is -0.131. The van der Waals surface area contributed by atoms with Crippen molar-refractivity contribution in [1.29, 1.82) is 0 Å². The van der Waals surface area contributed by atoms with Gasteiger partial charge in [-0.25, -0.2) is 0 Å². The Labute approximate surface area is 159 Å². The van der Waals surface area contributed by atoms with Crippen molar-refractivity contribution < 1.29 is 19.1 Å². The molecule has 0 bridgehead atoms. The number of ketones is 2. The Bertz CT molecular complexity index is 828. The van der Waals surface area contributed by atoms with Crippen LogP contribution in [0.25, 0.3) is 0 Å². The minimum Gasteiger partial charge on any atom is -0.426 e. The molecule has 27 heavy (non-hydrogen) atoms. The molecule has 0 aromatic heterocycles. The van der Waals surface area contributed by atoms with E-state index in [0.29, 0.717) is 36.3 Å². The molecule has 0 fully saturated rings. The number of Topliss-reactive ketones (excluding diaryl/α,β-unsaturated/α-hetero) is 2. The Hall–Kier alpha value is -2.79. The number of carbonyl (C=O) groups is 3. The van der Waals surface area contributed by atoms with E-state index in [1.807, 2.05) is 38.1 Å². The van der Waals surface area contributed by atoms with Gasteiger partial charge in [0.2, 0.25) is 0 Å². The molecule has 2 aromatic rings. The first-order chi connectivity index (χ1) is 12.9. The fraction of sp³-hybridized carbons (Fsp3) is 0.318. The van der Waals surface area contributed by atoms with Crippen LogP contribution in [0, 0.1) is 13.8 Å². The fourth-order valence-corrected chi connectivity index (χ4v) is 2.70. The highest BCUT2D eigenvalue weighted by Gasteiger charge is 2.13. The number of rotatable bonds is 9. The zero-order chi connectivity index (χ0) is 19.8. The van der Waals surface area contributed by atoms with Crippen LogP contribution in [0.3, 0.4) is 0 Å². The SMILES string of the molecule is CC(=O)Oc1cc(C(=O)CCCNCC(=O)c2ccccc2)cc(C)c1C. The van der Waals surface area contributed by atoms with Crippen molar-refractivity contribution in [3.63, 3.8) is 0 Å². The molecule has 0 aliphatic rings. The topological polar surface area (TPSA) is 72.5 Å². The van der Waals surface area contributed by atoms with Crippen molar-refractivity contribution in [3.8, 4) is 5.75 Å². The largest absolute Gasteiger partial charge is 0.426 e. The van der Waals surface area contributed by atoms with Gasteiger partial charge in [0.25, 0.3) is 0 Å². The zero-order valence-corrected chi connectivity index (χ0v) is 16.0. The van der Waals surface area contributed by atoms with Crippen molar-refractivity contribution in [2.75, 3.05) is 13.1 Å². The van der Waals surface area contributed by atoms with Gasteiger partial charge in [0.15, 0.2) is 11.6 Å². The van der Waals surface area contributed by atoms with Gasteiger partial charge < -0.3 is 10.1 Å². The second-order valence-corrected chi connectivity index (χ2v) is 6.50. The Morgan fingerprint density at radius 3 is 2.33 bits per heavy atom. The Morgan fingerprint density at radius 1 is 0.963 bits per heavy atom. The molecule has 0 spiro atoms. The molecule has 0 unspecified atom stereocenters. The normalized spacial score (nSPS) is 10.5.